The zero-order valence-electron chi connectivity index (χ0n) is 18.3. The topological polar surface area (TPSA) is 51.5 Å². The highest BCUT2D eigenvalue weighted by molar-refractivity contribution is 6.01. The third kappa shape index (κ3) is 4.36. The second kappa shape index (κ2) is 8.96. The summed E-state index contributed by atoms with van der Waals surface area (Å²) in [5.41, 5.74) is 4.99. The summed E-state index contributed by atoms with van der Waals surface area (Å²) >= 11 is 0. The summed E-state index contributed by atoms with van der Waals surface area (Å²) in [5, 5.41) is 4.04. The monoisotopic (exact) mass is 421 g/mol. The molecule has 1 aliphatic rings. The maximum Gasteiger partial charge on any atom is 0.244 e. The number of carbonyl (C=O) groups excluding carboxylic acids is 1. The maximum absolute atomic E-state index is 13.4. The third-order valence-electron chi connectivity index (χ3n) is 6.13. The van der Waals surface area contributed by atoms with Gasteiger partial charge < -0.3 is 14.5 Å². The van der Waals surface area contributed by atoms with Crippen LogP contribution in [0, 0.1) is 12.7 Å². The van der Waals surface area contributed by atoms with Gasteiger partial charge in [-0.1, -0.05) is 31.4 Å². The Bertz CT molecular complexity index is 1120. The second-order valence-electron chi connectivity index (χ2n) is 8.29. The first-order valence-corrected chi connectivity index (χ1v) is 10.8. The number of ether oxygens (including phenoxy) is 1. The van der Waals surface area contributed by atoms with Crippen molar-refractivity contribution in [2.45, 2.75) is 52.0 Å². The molecular weight excluding hydrogens is 393 g/mol. The van der Waals surface area contributed by atoms with E-state index in [2.05, 4.69) is 5.32 Å². The molecule has 4 rings (SSSR count). The lowest BCUT2D eigenvalue weighted by atomic mass is 9.95. The van der Waals surface area contributed by atoms with Crippen LogP contribution >= 0.6 is 0 Å². The first kappa shape index (κ1) is 21.2. The van der Waals surface area contributed by atoms with E-state index in [1.165, 1.54) is 31.4 Å². The van der Waals surface area contributed by atoms with E-state index >= 15 is 0 Å². The normalized spacial score (nSPS) is 15.3. The number of allylic oxidation sites excluding steroid dienone is 1. The smallest absolute Gasteiger partial charge is 0.244 e. The van der Waals surface area contributed by atoms with Crippen molar-refractivity contribution in [1.29, 1.82) is 0 Å². The Morgan fingerprint density at radius 2 is 1.90 bits per heavy atom. The van der Waals surface area contributed by atoms with Crippen molar-refractivity contribution in [3.05, 3.63) is 59.6 Å². The molecule has 1 saturated carbocycles. The standard InChI is InChI=1S/C26H28FNO3/c1-16(13-24(29)28-20-7-5-4-6-8-20)21-14-22-23(18-9-11-19(27)12-10-18)15-31-26(22)17(2)25(21)30-3/h9-15,20H,4-8H2,1-3H3,(H,28,29)/b16-13+. The fourth-order valence-corrected chi connectivity index (χ4v) is 4.49. The highest BCUT2D eigenvalue weighted by atomic mass is 19.1. The van der Waals surface area contributed by atoms with Crippen molar-refractivity contribution in [3.63, 3.8) is 0 Å². The number of hydrogen-bond acceptors (Lipinski definition) is 3. The average molecular weight is 422 g/mol. The Morgan fingerprint density at radius 3 is 2.58 bits per heavy atom. The number of furan rings is 1. The molecule has 0 atom stereocenters. The summed E-state index contributed by atoms with van der Waals surface area (Å²) in [7, 11) is 1.62. The molecule has 3 aromatic rings. The summed E-state index contributed by atoms with van der Waals surface area (Å²) < 4.78 is 24.9. The first-order valence-electron chi connectivity index (χ1n) is 10.8. The van der Waals surface area contributed by atoms with Crippen molar-refractivity contribution in [1.82, 2.24) is 5.32 Å². The predicted molar refractivity (Wildman–Crippen MR) is 122 cm³/mol. The Balaban J connectivity index is 1.72. The second-order valence-corrected chi connectivity index (χ2v) is 8.29. The minimum absolute atomic E-state index is 0.0739. The molecule has 0 unspecified atom stereocenters. The molecule has 1 amide bonds. The van der Waals surface area contributed by atoms with Gasteiger partial charge >= 0.3 is 0 Å². The van der Waals surface area contributed by atoms with Gasteiger partial charge in [0, 0.05) is 34.2 Å². The molecule has 1 aliphatic carbocycles. The Morgan fingerprint density at radius 1 is 1.19 bits per heavy atom. The summed E-state index contributed by atoms with van der Waals surface area (Å²) in [5.74, 6) is 0.333. The number of fused-ring (bicyclic) bond motifs is 1. The fourth-order valence-electron chi connectivity index (χ4n) is 4.49. The molecule has 1 fully saturated rings. The zero-order chi connectivity index (χ0) is 22.0. The van der Waals surface area contributed by atoms with Crippen molar-refractivity contribution in [2.24, 2.45) is 0 Å². The van der Waals surface area contributed by atoms with Crippen LogP contribution in [0.5, 0.6) is 5.75 Å². The molecule has 0 spiro atoms. The van der Waals surface area contributed by atoms with Crippen LogP contribution in [0.25, 0.3) is 27.7 Å². The largest absolute Gasteiger partial charge is 0.496 e. The highest BCUT2D eigenvalue weighted by Crippen LogP contribution is 2.40. The number of amides is 1. The molecule has 1 heterocycles. The van der Waals surface area contributed by atoms with Crippen LogP contribution < -0.4 is 10.1 Å². The molecule has 1 N–H and O–H groups in total. The molecule has 4 nitrogen and oxygen atoms in total. The summed E-state index contributed by atoms with van der Waals surface area (Å²) in [6.45, 7) is 3.86. The number of methoxy groups -OCH3 is 1. The number of carbonyl (C=O) groups is 1. The van der Waals surface area contributed by atoms with Crippen LogP contribution in [0.3, 0.4) is 0 Å². The fraction of sp³-hybridized carbons (Fsp3) is 0.346. The van der Waals surface area contributed by atoms with Crippen molar-refractivity contribution < 1.29 is 18.3 Å². The van der Waals surface area contributed by atoms with Gasteiger partial charge in [-0.2, -0.15) is 0 Å². The van der Waals surface area contributed by atoms with Gasteiger partial charge in [0.2, 0.25) is 5.91 Å². The van der Waals surface area contributed by atoms with Crippen molar-refractivity contribution in [2.75, 3.05) is 7.11 Å². The SMILES string of the molecule is COc1c(/C(C)=C/C(=O)NC2CCCCC2)cc2c(-c3ccc(F)cc3)coc2c1C. The number of nitrogens with one attached hydrogen (secondary N) is 1. The first-order chi connectivity index (χ1) is 15.0. The van der Waals surface area contributed by atoms with Gasteiger partial charge in [-0.3, -0.25) is 4.79 Å². The minimum atomic E-state index is -0.280. The van der Waals surface area contributed by atoms with Gasteiger partial charge in [-0.15, -0.1) is 0 Å². The minimum Gasteiger partial charge on any atom is -0.496 e. The zero-order valence-corrected chi connectivity index (χ0v) is 18.3. The number of halogens is 1. The summed E-state index contributed by atoms with van der Waals surface area (Å²) in [6.07, 6.45) is 9.01. The molecule has 0 saturated heterocycles. The maximum atomic E-state index is 13.4. The van der Waals surface area contributed by atoms with Gasteiger partial charge in [-0.05, 0) is 56.0 Å². The van der Waals surface area contributed by atoms with E-state index in [1.807, 2.05) is 19.9 Å². The highest BCUT2D eigenvalue weighted by Gasteiger charge is 2.20. The predicted octanol–water partition coefficient (Wildman–Crippen LogP) is 6.41. The molecule has 5 heteroatoms. The summed E-state index contributed by atoms with van der Waals surface area (Å²) in [4.78, 5) is 12.6. The third-order valence-corrected chi connectivity index (χ3v) is 6.13. The van der Waals surface area contributed by atoms with Crippen LogP contribution in [0.4, 0.5) is 4.39 Å². The molecule has 31 heavy (non-hydrogen) atoms. The molecule has 1 aromatic heterocycles. The molecule has 2 aromatic carbocycles. The quantitative estimate of drug-likeness (QED) is 0.485. The van der Waals surface area contributed by atoms with E-state index in [0.717, 1.165) is 51.6 Å². The van der Waals surface area contributed by atoms with E-state index < -0.39 is 0 Å². The lowest BCUT2D eigenvalue weighted by Crippen LogP contribution is -2.35. The Kier molecular flexibility index (Phi) is 6.12. The van der Waals surface area contributed by atoms with Crippen molar-refractivity contribution >= 4 is 22.4 Å². The van der Waals surface area contributed by atoms with Crippen LogP contribution in [0.15, 0.2) is 47.1 Å². The van der Waals surface area contributed by atoms with Crippen LogP contribution in [-0.4, -0.2) is 19.1 Å². The van der Waals surface area contributed by atoms with E-state index in [9.17, 15) is 9.18 Å². The number of benzene rings is 2. The molecule has 0 aliphatic heterocycles. The van der Waals surface area contributed by atoms with E-state index in [4.69, 9.17) is 9.15 Å². The van der Waals surface area contributed by atoms with Gasteiger partial charge in [0.1, 0.15) is 17.1 Å². The summed E-state index contributed by atoms with van der Waals surface area (Å²) in [6, 6.07) is 8.59. The number of hydrogen-bond donors (Lipinski definition) is 1. The molecule has 0 radical (unpaired) electrons. The van der Waals surface area contributed by atoms with E-state index in [-0.39, 0.29) is 17.8 Å². The van der Waals surface area contributed by atoms with Gasteiger partial charge in [-0.25, -0.2) is 4.39 Å². The van der Waals surface area contributed by atoms with Gasteiger partial charge in [0.15, 0.2) is 0 Å². The number of aryl methyl sites for hydroxylation is 1. The van der Waals surface area contributed by atoms with E-state index in [1.54, 1.807) is 31.6 Å². The van der Waals surface area contributed by atoms with Gasteiger partial charge in [0.05, 0.1) is 13.4 Å². The van der Waals surface area contributed by atoms with Crippen LogP contribution in [0.2, 0.25) is 0 Å². The van der Waals surface area contributed by atoms with Gasteiger partial charge in [0.25, 0.3) is 0 Å². The molecule has 162 valence electrons. The lowest BCUT2D eigenvalue weighted by molar-refractivity contribution is -0.117. The molecular formula is C26H28FNO3. The van der Waals surface area contributed by atoms with E-state index in [0.29, 0.717) is 5.75 Å². The van der Waals surface area contributed by atoms with Crippen LogP contribution in [0.1, 0.15) is 50.2 Å². The van der Waals surface area contributed by atoms with Crippen LogP contribution in [-0.2, 0) is 4.79 Å². The Labute approximate surface area is 182 Å². The lowest BCUT2D eigenvalue weighted by Gasteiger charge is -2.22. The molecule has 0 bridgehead atoms. The average Bonchev–Trinajstić information content (AvgIpc) is 3.19. The number of rotatable bonds is 5. The van der Waals surface area contributed by atoms with Crippen molar-refractivity contribution in [3.8, 4) is 16.9 Å². The Hall–Kier alpha value is -3.08.